The van der Waals surface area contributed by atoms with Gasteiger partial charge in [0.15, 0.2) is 9.84 Å². The molecule has 1 N–H and O–H groups in total. The van der Waals surface area contributed by atoms with Crippen LogP contribution in [0.15, 0.2) is 50.2 Å². The quantitative estimate of drug-likeness (QED) is 0.636. The van der Waals surface area contributed by atoms with Crippen molar-refractivity contribution < 1.29 is 18.0 Å². The summed E-state index contributed by atoms with van der Waals surface area (Å²) >= 11 is 6.66. The molecule has 28 heavy (non-hydrogen) atoms. The molecule has 148 valence electrons. The summed E-state index contributed by atoms with van der Waals surface area (Å²) in [6.45, 7) is 1.87. The summed E-state index contributed by atoms with van der Waals surface area (Å²) in [5.41, 5.74) is 1.84. The number of amides is 2. The molecule has 0 spiro atoms. The Labute approximate surface area is 180 Å². The molecule has 6 nitrogen and oxygen atoms in total. The third-order valence-corrected chi connectivity index (χ3v) is 7.14. The van der Waals surface area contributed by atoms with Gasteiger partial charge >= 0.3 is 0 Å². The zero-order chi connectivity index (χ0) is 20.5. The second-order valence-electron chi connectivity index (χ2n) is 6.46. The highest BCUT2D eigenvalue weighted by Gasteiger charge is 2.31. The molecule has 0 saturated heterocycles. The molecule has 0 fully saturated rings. The Morgan fingerprint density at radius 2 is 1.79 bits per heavy atom. The number of nitrogens with one attached hydrogen (secondary N) is 1. The molecule has 2 amide bonds. The first kappa shape index (κ1) is 21.0. The lowest BCUT2D eigenvalue weighted by Crippen LogP contribution is -2.27. The summed E-state index contributed by atoms with van der Waals surface area (Å²) in [6, 6.07) is 10.4. The van der Waals surface area contributed by atoms with E-state index in [0.717, 1.165) is 10.0 Å². The Bertz CT molecular complexity index is 1040. The van der Waals surface area contributed by atoms with Gasteiger partial charge in [0.2, 0.25) is 11.8 Å². The Morgan fingerprint density at radius 3 is 2.43 bits per heavy atom. The molecule has 0 atom stereocenters. The van der Waals surface area contributed by atoms with Crippen LogP contribution in [0.25, 0.3) is 0 Å². The number of anilines is 2. The third-order valence-electron chi connectivity index (χ3n) is 4.43. The van der Waals surface area contributed by atoms with Gasteiger partial charge in [0.25, 0.3) is 0 Å². The largest absolute Gasteiger partial charge is 0.326 e. The van der Waals surface area contributed by atoms with Crippen LogP contribution < -0.4 is 10.2 Å². The Kier molecular flexibility index (Phi) is 6.26. The molecule has 1 heterocycles. The average Bonchev–Trinajstić information content (AvgIpc) is 3.05. The number of hydrogen-bond acceptors (Lipinski definition) is 4. The van der Waals surface area contributed by atoms with Gasteiger partial charge in [-0.15, -0.1) is 0 Å². The van der Waals surface area contributed by atoms with Gasteiger partial charge in [-0.2, -0.15) is 0 Å². The fourth-order valence-corrected chi connectivity index (χ4v) is 5.55. The predicted octanol–water partition coefficient (Wildman–Crippen LogP) is 3.92. The number of rotatable bonds is 5. The molecule has 9 heteroatoms. The summed E-state index contributed by atoms with van der Waals surface area (Å²) in [7, 11) is -3.76. The summed E-state index contributed by atoms with van der Waals surface area (Å²) < 4.78 is 27.5. The smallest absolute Gasteiger partial charge is 0.225 e. The first-order valence-corrected chi connectivity index (χ1v) is 11.8. The highest BCUT2D eigenvalue weighted by Crippen LogP contribution is 2.38. The summed E-state index contributed by atoms with van der Waals surface area (Å²) in [5, 5.41) is 2.69. The molecule has 0 bridgehead atoms. The van der Waals surface area contributed by atoms with E-state index < -0.39 is 9.84 Å². The van der Waals surface area contributed by atoms with E-state index in [-0.39, 0.29) is 28.9 Å². The van der Waals surface area contributed by atoms with Crippen LogP contribution in [0, 0.1) is 0 Å². The first-order valence-electron chi connectivity index (χ1n) is 8.56. The highest BCUT2D eigenvalue weighted by molar-refractivity contribution is 9.10. The van der Waals surface area contributed by atoms with Crippen molar-refractivity contribution in [2.24, 2.45) is 0 Å². The number of carbonyl (C=O) groups is 2. The fourth-order valence-electron chi connectivity index (χ4n) is 3.11. The van der Waals surface area contributed by atoms with Crippen LogP contribution in [-0.4, -0.2) is 32.5 Å². The monoisotopic (exact) mass is 528 g/mol. The van der Waals surface area contributed by atoms with Gasteiger partial charge in [-0.05, 0) is 48.4 Å². The lowest BCUT2D eigenvalue weighted by Gasteiger charge is -2.19. The van der Waals surface area contributed by atoms with E-state index in [1.165, 1.54) is 17.9 Å². The zero-order valence-electron chi connectivity index (χ0n) is 15.0. The van der Waals surface area contributed by atoms with Gasteiger partial charge in [0, 0.05) is 34.5 Å². The van der Waals surface area contributed by atoms with Crippen LogP contribution in [0.5, 0.6) is 0 Å². The zero-order valence-corrected chi connectivity index (χ0v) is 19.0. The molecule has 0 aromatic heterocycles. The van der Waals surface area contributed by atoms with Crippen molar-refractivity contribution in [3.8, 4) is 0 Å². The lowest BCUT2D eigenvalue weighted by atomic mass is 10.2. The van der Waals surface area contributed by atoms with Gasteiger partial charge in [-0.3, -0.25) is 9.59 Å². The first-order chi connectivity index (χ1) is 13.2. The highest BCUT2D eigenvalue weighted by atomic mass is 79.9. The summed E-state index contributed by atoms with van der Waals surface area (Å²) in [6.07, 6.45) is 0.417. The minimum Gasteiger partial charge on any atom is -0.326 e. The van der Waals surface area contributed by atoms with Gasteiger partial charge in [0.05, 0.1) is 16.3 Å². The van der Waals surface area contributed by atoms with Crippen molar-refractivity contribution in [2.45, 2.75) is 24.7 Å². The average molecular weight is 530 g/mol. The van der Waals surface area contributed by atoms with Crippen LogP contribution in [0.3, 0.4) is 0 Å². The number of carbonyl (C=O) groups excluding carboxylic acids is 2. The standard InChI is InChI=1S/C19H18Br2N2O4S/c1-12(24)23-8-6-13-10-15(21)11-17(19(13)23)28(26,27)9-7-18(25)22-16-4-2-14(20)3-5-16/h2-5,10-11H,6-9H2,1H3,(H,22,25). The van der Waals surface area contributed by atoms with E-state index >= 15 is 0 Å². The van der Waals surface area contributed by atoms with Gasteiger partial charge < -0.3 is 10.2 Å². The molecule has 0 radical (unpaired) electrons. The number of sulfone groups is 1. The van der Waals surface area contributed by atoms with Crippen molar-refractivity contribution >= 4 is 64.9 Å². The van der Waals surface area contributed by atoms with Crippen LogP contribution in [0.2, 0.25) is 0 Å². The van der Waals surface area contributed by atoms with E-state index in [9.17, 15) is 18.0 Å². The van der Waals surface area contributed by atoms with Crippen LogP contribution >= 0.6 is 31.9 Å². The van der Waals surface area contributed by atoms with E-state index in [4.69, 9.17) is 0 Å². The topological polar surface area (TPSA) is 83.6 Å². The van der Waals surface area contributed by atoms with Crippen molar-refractivity contribution in [1.82, 2.24) is 0 Å². The second-order valence-corrected chi connectivity index (χ2v) is 10.4. The molecule has 3 rings (SSSR count). The SMILES string of the molecule is CC(=O)N1CCc2cc(Br)cc(S(=O)(=O)CCC(=O)Nc3ccc(Br)cc3)c21. The number of halogens is 2. The molecule has 1 aliphatic heterocycles. The molecule has 0 aliphatic carbocycles. The second kappa shape index (κ2) is 8.34. The van der Waals surface area contributed by atoms with Crippen molar-refractivity contribution in [1.29, 1.82) is 0 Å². The van der Waals surface area contributed by atoms with Gasteiger partial charge in [-0.25, -0.2) is 8.42 Å². The molecular weight excluding hydrogens is 512 g/mol. The van der Waals surface area contributed by atoms with Crippen molar-refractivity contribution in [3.63, 3.8) is 0 Å². The Morgan fingerprint density at radius 1 is 1.11 bits per heavy atom. The molecule has 0 saturated carbocycles. The normalized spacial score (nSPS) is 13.3. The van der Waals surface area contributed by atoms with Gasteiger partial charge in [0.1, 0.15) is 0 Å². The Hall–Kier alpha value is -1.71. The molecular formula is C19H18Br2N2O4S. The predicted molar refractivity (Wildman–Crippen MR) is 115 cm³/mol. The van der Waals surface area contributed by atoms with E-state index in [0.29, 0.717) is 28.8 Å². The molecule has 2 aromatic carbocycles. The van der Waals surface area contributed by atoms with Crippen LogP contribution in [0.4, 0.5) is 11.4 Å². The number of benzene rings is 2. The third kappa shape index (κ3) is 4.64. The summed E-state index contributed by atoms with van der Waals surface area (Å²) in [4.78, 5) is 25.7. The fraction of sp³-hybridized carbons (Fsp3) is 0.263. The molecule has 2 aromatic rings. The molecule has 0 unspecified atom stereocenters. The number of hydrogen-bond donors (Lipinski definition) is 1. The minimum absolute atomic E-state index is 0.0843. The number of nitrogens with zero attached hydrogens (tertiary/aromatic N) is 1. The number of fused-ring (bicyclic) bond motifs is 1. The van der Waals surface area contributed by atoms with Crippen LogP contribution in [0.1, 0.15) is 18.9 Å². The van der Waals surface area contributed by atoms with Crippen molar-refractivity contribution in [2.75, 3.05) is 22.5 Å². The van der Waals surface area contributed by atoms with Crippen molar-refractivity contribution in [3.05, 3.63) is 50.9 Å². The maximum atomic E-state index is 13.0. The van der Waals surface area contributed by atoms with Gasteiger partial charge in [-0.1, -0.05) is 31.9 Å². The van der Waals surface area contributed by atoms with E-state index in [2.05, 4.69) is 37.2 Å². The maximum Gasteiger partial charge on any atom is 0.225 e. The lowest BCUT2D eigenvalue weighted by molar-refractivity contribution is -0.117. The summed E-state index contributed by atoms with van der Waals surface area (Å²) in [5.74, 6) is -0.934. The maximum absolute atomic E-state index is 13.0. The van der Waals surface area contributed by atoms with E-state index in [1.807, 2.05) is 6.07 Å². The Balaban J connectivity index is 1.79. The van der Waals surface area contributed by atoms with E-state index in [1.54, 1.807) is 24.3 Å². The molecule has 1 aliphatic rings. The van der Waals surface area contributed by atoms with Crippen LogP contribution in [-0.2, 0) is 25.8 Å². The minimum atomic E-state index is -3.76.